The van der Waals surface area contributed by atoms with Gasteiger partial charge in [-0.2, -0.15) is 0 Å². The number of fused-ring (bicyclic) bond motifs is 5. The predicted octanol–water partition coefficient (Wildman–Crippen LogP) is 2.99. The Balaban J connectivity index is 1.46. The summed E-state index contributed by atoms with van der Waals surface area (Å²) in [5.74, 6) is 1.14. The Morgan fingerprint density at radius 2 is 1.96 bits per heavy atom. The van der Waals surface area contributed by atoms with Gasteiger partial charge in [-0.05, 0) is 43.9 Å². The number of carbonyl (C=O) groups excluding carboxylic acids is 1. The van der Waals surface area contributed by atoms with Gasteiger partial charge in [0.1, 0.15) is 5.78 Å². The van der Waals surface area contributed by atoms with Crippen LogP contribution in [0.2, 0.25) is 0 Å². The molecule has 1 N–H and O–H groups in total. The standard InChI is InChI=1S/C20H28O4/c1-18-7-4-14-13(15(18)2-3-17(18)21)5-8-19(22)12-20(9-6-16(14)19)23-10-11-24-20/h4,13,15-16,22H,2-3,5-12H2,1H3/t13?,15?,16?,18-,19+/m0/s1. The van der Waals surface area contributed by atoms with Gasteiger partial charge < -0.3 is 14.6 Å². The van der Waals surface area contributed by atoms with Gasteiger partial charge in [-0.15, -0.1) is 0 Å². The molecule has 5 aliphatic rings. The Hall–Kier alpha value is -0.710. The molecule has 1 saturated heterocycles. The third-order valence-electron chi connectivity index (χ3n) is 7.96. The molecular formula is C20H28O4. The van der Waals surface area contributed by atoms with Crippen LogP contribution in [0.5, 0.6) is 0 Å². The highest BCUT2D eigenvalue weighted by molar-refractivity contribution is 5.87. The lowest BCUT2D eigenvalue weighted by Crippen LogP contribution is -2.56. The highest BCUT2D eigenvalue weighted by Crippen LogP contribution is 2.61. The minimum absolute atomic E-state index is 0.142. The van der Waals surface area contributed by atoms with Crippen LogP contribution in [0.3, 0.4) is 0 Å². The first-order valence-corrected chi connectivity index (χ1v) is 9.69. The summed E-state index contributed by atoms with van der Waals surface area (Å²) in [5.41, 5.74) is 0.618. The molecule has 24 heavy (non-hydrogen) atoms. The fraction of sp³-hybridized carbons (Fsp3) is 0.850. The fourth-order valence-electron chi connectivity index (χ4n) is 6.69. The molecule has 1 heterocycles. The van der Waals surface area contributed by atoms with E-state index in [-0.39, 0.29) is 11.3 Å². The summed E-state index contributed by atoms with van der Waals surface area (Å²) in [6.45, 7) is 3.47. The average molecular weight is 332 g/mol. The summed E-state index contributed by atoms with van der Waals surface area (Å²) in [6, 6.07) is 0. The zero-order valence-corrected chi connectivity index (χ0v) is 14.6. The molecule has 0 aromatic rings. The van der Waals surface area contributed by atoms with Gasteiger partial charge in [0.15, 0.2) is 5.79 Å². The number of Topliss-reactive ketones (excluding diaryl/α,β-unsaturated/α-hetero) is 1. The molecule has 4 aliphatic carbocycles. The highest BCUT2D eigenvalue weighted by atomic mass is 16.7. The SMILES string of the molecule is C[C@]12CC=C3C(CC[C@@]4(O)CC5(CCC34)OCCO5)C1CCC2=O. The van der Waals surface area contributed by atoms with E-state index in [9.17, 15) is 9.90 Å². The summed E-state index contributed by atoms with van der Waals surface area (Å²) < 4.78 is 11.8. The predicted molar refractivity (Wildman–Crippen MR) is 88.2 cm³/mol. The summed E-state index contributed by atoms with van der Waals surface area (Å²) in [7, 11) is 0. The number of allylic oxidation sites excluding steroid dienone is 1. The van der Waals surface area contributed by atoms with Crippen molar-refractivity contribution in [3.05, 3.63) is 11.6 Å². The first-order valence-electron chi connectivity index (χ1n) is 9.69. The van der Waals surface area contributed by atoms with E-state index in [0.717, 1.165) is 44.9 Å². The molecule has 0 aromatic carbocycles. The number of ketones is 1. The van der Waals surface area contributed by atoms with E-state index < -0.39 is 11.4 Å². The first-order chi connectivity index (χ1) is 11.5. The Morgan fingerprint density at radius 1 is 1.17 bits per heavy atom. The molecule has 0 amide bonds. The minimum atomic E-state index is -0.693. The quantitative estimate of drug-likeness (QED) is 0.693. The minimum Gasteiger partial charge on any atom is -0.389 e. The number of hydrogen-bond acceptors (Lipinski definition) is 4. The van der Waals surface area contributed by atoms with Crippen molar-refractivity contribution < 1.29 is 19.4 Å². The number of carbonyl (C=O) groups is 1. The zero-order chi connectivity index (χ0) is 16.6. The molecule has 1 spiro atoms. The molecule has 4 fully saturated rings. The second kappa shape index (κ2) is 4.93. The maximum atomic E-state index is 12.4. The van der Waals surface area contributed by atoms with E-state index in [1.54, 1.807) is 0 Å². The molecule has 4 heteroatoms. The van der Waals surface area contributed by atoms with Gasteiger partial charge in [-0.3, -0.25) is 4.79 Å². The second-order valence-electron chi connectivity index (χ2n) is 9.02. The van der Waals surface area contributed by atoms with Crippen LogP contribution in [0.15, 0.2) is 11.6 Å². The fourth-order valence-corrected chi connectivity index (χ4v) is 6.69. The third kappa shape index (κ3) is 1.94. The molecule has 0 radical (unpaired) electrons. The smallest absolute Gasteiger partial charge is 0.171 e. The third-order valence-corrected chi connectivity index (χ3v) is 7.96. The molecule has 0 aromatic heterocycles. The maximum absolute atomic E-state index is 12.4. The molecule has 5 rings (SSSR count). The van der Waals surface area contributed by atoms with Crippen LogP contribution in [0.4, 0.5) is 0 Å². The van der Waals surface area contributed by atoms with Crippen LogP contribution < -0.4 is 0 Å². The largest absolute Gasteiger partial charge is 0.389 e. The zero-order valence-electron chi connectivity index (χ0n) is 14.6. The molecule has 0 bridgehead atoms. The van der Waals surface area contributed by atoms with Crippen molar-refractivity contribution in [1.82, 2.24) is 0 Å². The van der Waals surface area contributed by atoms with E-state index >= 15 is 0 Å². The van der Waals surface area contributed by atoms with Crippen molar-refractivity contribution in [3.63, 3.8) is 0 Å². The second-order valence-corrected chi connectivity index (χ2v) is 9.02. The molecule has 1 aliphatic heterocycles. The lowest BCUT2D eigenvalue weighted by molar-refractivity contribution is -0.235. The normalized spacial score (nSPS) is 49.5. The van der Waals surface area contributed by atoms with Gasteiger partial charge in [-0.1, -0.05) is 18.6 Å². The molecule has 3 saturated carbocycles. The summed E-state index contributed by atoms with van der Waals surface area (Å²) >= 11 is 0. The number of aliphatic hydroxyl groups is 1. The van der Waals surface area contributed by atoms with Crippen LogP contribution >= 0.6 is 0 Å². The number of ether oxygens (including phenoxy) is 2. The van der Waals surface area contributed by atoms with Crippen molar-refractivity contribution in [2.75, 3.05) is 13.2 Å². The van der Waals surface area contributed by atoms with Crippen LogP contribution in [0, 0.1) is 23.2 Å². The van der Waals surface area contributed by atoms with Crippen molar-refractivity contribution in [1.29, 1.82) is 0 Å². The molecular weight excluding hydrogens is 304 g/mol. The van der Waals surface area contributed by atoms with Crippen LogP contribution in [-0.4, -0.2) is 35.5 Å². The Kier molecular flexibility index (Phi) is 3.19. The Morgan fingerprint density at radius 3 is 2.75 bits per heavy atom. The number of rotatable bonds is 0. The average Bonchev–Trinajstić information content (AvgIpc) is 3.11. The Labute approximate surface area is 143 Å². The molecule has 3 unspecified atom stereocenters. The Bertz CT molecular complexity index is 605. The molecule has 4 nitrogen and oxygen atoms in total. The van der Waals surface area contributed by atoms with Crippen LogP contribution in [-0.2, 0) is 14.3 Å². The van der Waals surface area contributed by atoms with Gasteiger partial charge in [0, 0.05) is 30.6 Å². The highest BCUT2D eigenvalue weighted by Gasteiger charge is 2.60. The van der Waals surface area contributed by atoms with Crippen molar-refractivity contribution >= 4 is 5.78 Å². The van der Waals surface area contributed by atoms with Gasteiger partial charge >= 0.3 is 0 Å². The van der Waals surface area contributed by atoms with Crippen molar-refractivity contribution in [2.45, 2.75) is 69.7 Å². The monoisotopic (exact) mass is 332 g/mol. The lowest BCUT2D eigenvalue weighted by Gasteiger charge is -2.55. The lowest BCUT2D eigenvalue weighted by atomic mass is 9.53. The van der Waals surface area contributed by atoms with Crippen LogP contribution in [0.1, 0.15) is 58.3 Å². The van der Waals surface area contributed by atoms with Crippen molar-refractivity contribution in [3.8, 4) is 0 Å². The van der Waals surface area contributed by atoms with E-state index in [0.29, 0.717) is 37.3 Å². The number of hydrogen-bond donors (Lipinski definition) is 1. The van der Waals surface area contributed by atoms with E-state index in [1.165, 1.54) is 5.57 Å². The van der Waals surface area contributed by atoms with Crippen molar-refractivity contribution in [2.24, 2.45) is 23.2 Å². The molecule has 132 valence electrons. The van der Waals surface area contributed by atoms with Gasteiger partial charge in [0.2, 0.25) is 0 Å². The topological polar surface area (TPSA) is 55.8 Å². The van der Waals surface area contributed by atoms with Gasteiger partial charge in [-0.25, -0.2) is 0 Å². The van der Waals surface area contributed by atoms with Gasteiger partial charge in [0.05, 0.1) is 18.8 Å². The molecule has 5 atom stereocenters. The van der Waals surface area contributed by atoms with E-state index in [4.69, 9.17) is 9.47 Å². The van der Waals surface area contributed by atoms with Crippen LogP contribution in [0.25, 0.3) is 0 Å². The van der Waals surface area contributed by atoms with Gasteiger partial charge in [0.25, 0.3) is 0 Å². The summed E-state index contributed by atoms with van der Waals surface area (Å²) in [4.78, 5) is 12.4. The maximum Gasteiger partial charge on any atom is 0.171 e. The summed E-state index contributed by atoms with van der Waals surface area (Å²) in [5, 5.41) is 11.4. The van der Waals surface area contributed by atoms with E-state index in [2.05, 4.69) is 13.0 Å². The first kappa shape index (κ1) is 15.5. The summed E-state index contributed by atoms with van der Waals surface area (Å²) in [6.07, 6.45) is 9.23. The van der Waals surface area contributed by atoms with E-state index in [1.807, 2.05) is 0 Å².